The predicted octanol–water partition coefficient (Wildman–Crippen LogP) is 4.19. The third-order valence-electron chi connectivity index (χ3n) is 3.69. The Morgan fingerprint density at radius 1 is 1.26 bits per heavy atom. The molecule has 0 aliphatic heterocycles. The predicted molar refractivity (Wildman–Crippen MR) is 113 cm³/mol. The number of ether oxygens (including phenoxy) is 2. The molecule has 0 saturated heterocycles. The van der Waals surface area contributed by atoms with Gasteiger partial charge in [0.25, 0.3) is 5.91 Å². The second-order valence-corrected chi connectivity index (χ2v) is 6.51. The molecule has 8 nitrogen and oxygen atoms in total. The van der Waals surface area contributed by atoms with Gasteiger partial charge in [-0.15, -0.1) is 0 Å². The second kappa shape index (κ2) is 10.7. The van der Waals surface area contributed by atoms with Crippen LogP contribution in [0.5, 0.6) is 11.8 Å². The van der Waals surface area contributed by atoms with Crippen molar-refractivity contribution in [1.29, 1.82) is 0 Å². The summed E-state index contributed by atoms with van der Waals surface area (Å²) in [7, 11) is 0. The number of carbonyl (C=O) groups is 2. The van der Waals surface area contributed by atoms with Crippen LogP contribution >= 0.6 is 0 Å². The van der Waals surface area contributed by atoms with E-state index in [-0.39, 0.29) is 47.0 Å². The molecule has 162 valence electrons. The van der Waals surface area contributed by atoms with Crippen LogP contribution in [0.1, 0.15) is 34.6 Å². The minimum absolute atomic E-state index is 0.0111. The number of nitrogens with one attached hydrogen (secondary N) is 1. The number of halogens is 1. The number of carboxylic acid groups (broad SMARTS) is 1. The van der Waals surface area contributed by atoms with Gasteiger partial charge >= 0.3 is 5.97 Å². The van der Waals surface area contributed by atoms with Crippen molar-refractivity contribution in [3.05, 3.63) is 78.3 Å². The molecule has 0 fully saturated rings. The average Bonchev–Trinajstić information content (AvgIpc) is 2.70. The highest BCUT2D eigenvalue weighted by Crippen LogP contribution is 2.21. The molecule has 9 heteroatoms. The molecule has 0 spiro atoms. The molecule has 0 radical (unpaired) electrons. The molecule has 1 amide bonds. The van der Waals surface area contributed by atoms with Crippen molar-refractivity contribution in [2.75, 3.05) is 11.9 Å². The van der Waals surface area contributed by atoms with Crippen LogP contribution < -0.4 is 14.8 Å². The van der Waals surface area contributed by atoms with Gasteiger partial charge in [-0.25, -0.2) is 14.2 Å². The molecular formula is C22H22FN3O5. The Morgan fingerprint density at radius 2 is 1.97 bits per heavy atom. The molecule has 0 unspecified atom stereocenters. The Morgan fingerprint density at radius 3 is 2.52 bits per heavy atom. The van der Waals surface area contributed by atoms with Crippen molar-refractivity contribution in [2.24, 2.45) is 0 Å². The lowest BCUT2D eigenvalue weighted by atomic mass is 10.2. The summed E-state index contributed by atoms with van der Waals surface area (Å²) in [6, 6.07) is 5.46. The quantitative estimate of drug-likeness (QED) is 0.547. The Hall–Kier alpha value is -4.01. The molecule has 2 aromatic rings. The van der Waals surface area contributed by atoms with Crippen LogP contribution in [-0.2, 0) is 0 Å². The van der Waals surface area contributed by atoms with Gasteiger partial charge in [0.2, 0.25) is 11.8 Å². The van der Waals surface area contributed by atoms with Crippen LogP contribution in [0.25, 0.3) is 0 Å². The molecule has 2 heterocycles. The van der Waals surface area contributed by atoms with Crippen molar-refractivity contribution < 1.29 is 28.6 Å². The highest BCUT2D eigenvalue weighted by molar-refractivity contribution is 6.04. The Balaban J connectivity index is 2.26. The van der Waals surface area contributed by atoms with E-state index >= 15 is 0 Å². The van der Waals surface area contributed by atoms with Crippen molar-refractivity contribution in [1.82, 2.24) is 9.97 Å². The Labute approximate surface area is 178 Å². The first kappa shape index (κ1) is 23.3. The number of hydrogen-bond acceptors (Lipinski definition) is 6. The summed E-state index contributed by atoms with van der Waals surface area (Å²) in [5, 5.41) is 11.5. The van der Waals surface area contributed by atoms with Crippen molar-refractivity contribution in [2.45, 2.75) is 20.0 Å². The highest BCUT2D eigenvalue weighted by Gasteiger charge is 2.15. The number of aromatic carboxylic acids is 1. The standard InChI is InChI=1S/C22H22FN3O5/c1-5-6-16(14(4)23)12-30-19-9-17(10-20(26-19)31-13(2)3)21(27)25-18-8-7-15(11-24-18)22(28)29/h5-11,13H,1,4,12H2,2-3H3,(H,28,29)(H,24,25,27)/b16-6-. The highest BCUT2D eigenvalue weighted by atomic mass is 19.1. The smallest absolute Gasteiger partial charge is 0.337 e. The van der Waals surface area contributed by atoms with E-state index in [0.717, 1.165) is 6.20 Å². The maximum atomic E-state index is 13.5. The lowest BCUT2D eigenvalue weighted by molar-refractivity contribution is 0.0696. The molecular weight excluding hydrogens is 405 g/mol. The van der Waals surface area contributed by atoms with E-state index in [4.69, 9.17) is 14.6 Å². The lowest BCUT2D eigenvalue weighted by Crippen LogP contribution is -2.15. The van der Waals surface area contributed by atoms with Gasteiger partial charge in [0.05, 0.1) is 17.2 Å². The Kier molecular flexibility index (Phi) is 8.01. The fraction of sp³-hybridized carbons (Fsp3) is 0.182. The number of carbonyl (C=O) groups excluding carboxylic acids is 1. The van der Waals surface area contributed by atoms with E-state index in [1.165, 1.54) is 36.4 Å². The normalized spacial score (nSPS) is 11.0. The summed E-state index contributed by atoms with van der Waals surface area (Å²) < 4.78 is 24.6. The summed E-state index contributed by atoms with van der Waals surface area (Å²) in [6.07, 6.45) is 3.72. The number of hydrogen-bond donors (Lipinski definition) is 2. The van der Waals surface area contributed by atoms with E-state index in [9.17, 15) is 14.0 Å². The van der Waals surface area contributed by atoms with E-state index in [1.54, 1.807) is 13.8 Å². The number of aromatic nitrogens is 2. The summed E-state index contributed by atoms with van der Waals surface area (Å²) >= 11 is 0. The van der Waals surface area contributed by atoms with Gasteiger partial charge in [-0.2, -0.15) is 4.98 Å². The van der Waals surface area contributed by atoms with Crippen molar-refractivity contribution in [3.8, 4) is 11.8 Å². The molecule has 0 aliphatic rings. The molecule has 2 rings (SSSR count). The third-order valence-corrected chi connectivity index (χ3v) is 3.69. The van der Waals surface area contributed by atoms with Crippen LogP contribution in [0.4, 0.5) is 10.2 Å². The number of allylic oxidation sites excluding steroid dienone is 2. The summed E-state index contributed by atoms with van der Waals surface area (Å²) in [5.74, 6) is -2.02. The van der Waals surface area contributed by atoms with Gasteiger partial charge in [0.1, 0.15) is 18.3 Å². The first-order valence-corrected chi connectivity index (χ1v) is 9.18. The molecule has 2 aromatic heterocycles. The van der Waals surface area contributed by atoms with Crippen LogP contribution in [0.15, 0.2) is 67.2 Å². The number of anilines is 1. The van der Waals surface area contributed by atoms with Crippen LogP contribution in [0, 0.1) is 0 Å². The van der Waals surface area contributed by atoms with Crippen LogP contribution in [0.2, 0.25) is 0 Å². The fourth-order valence-corrected chi connectivity index (χ4v) is 2.28. The Bertz CT molecular complexity index is 1020. The molecule has 2 N–H and O–H groups in total. The molecule has 0 atom stereocenters. The molecule has 31 heavy (non-hydrogen) atoms. The average molecular weight is 427 g/mol. The minimum Gasteiger partial charge on any atom is -0.478 e. The SMILES string of the molecule is C=C/C=C(/COc1cc(C(=O)Nc2ccc(C(=O)O)cn2)cc(OC(C)C)n1)C(=C)F. The van der Waals surface area contributed by atoms with Crippen molar-refractivity contribution >= 4 is 17.7 Å². The maximum absolute atomic E-state index is 13.5. The molecule has 0 aliphatic carbocycles. The molecule has 0 saturated carbocycles. The van der Waals surface area contributed by atoms with E-state index in [0.29, 0.717) is 0 Å². The monoisotopic (exact) mass is 427 g/mol. The lowest BCUT2D eigenvalue weighted by Gasteiger charge is -2.13. The van der Waals surface area contributed by atoms with E-state index in [1.807, 2.05) is 0 Å². The van der Waals surface area contributed by atoms with Gasteiger partial charge in [-0.1, -0.05) is 25.3 Å². The summed E-state index contributed by atoms with van der Waals surface area (Å²) in [6.45, 7) is 10.2. The largest absolute Gasteiger partial charge is 0.478 e. The minimum atomic E-state index is -1.13. The third kappa shape index (κ3) is 7.07. The van der Waals surface area contributed by atoms with Gasteiger partial charge in [-0.3, -0.25) is 4.79 Å². The zero-order valence-electron chi connectivity index (χ0n) is 17.1. The van der Waals surface area contributed by atoms with Gasteiger partial charge in [0, 0.05) is 23.9 Å². The first-order chi connectivity index (χ1) is 14.7. The zero-order chi connectivity index (χ0) is 23.0. The fourth-order valence-electron chi connectivity index (χ4n) is 2.28. The number of pyridine rings is 2. The number of amides is 1. The summed E-state index contributed by atoms with van der Waals surface area (Å²) in [5.41, 5.74) is 0.307. The first-order valence-electron chi connectivity index (χ1n) is 9.18. The number of rotatable bonds is 10. The summed E-state index contributed by atoms with van der Waals surface area (Å²) in [4.78, 5) is 31.7. The van der Waals surface area contributed by atoms with Crippen molar-refractivity contribution in [3.63, 3.8) is 0 Å². The number of nitrogens with zero attached hydrogens (tertiary/aromatic N) is 2. The van der Waals surface area contributed by atoms with Crippen LogP contribution in [0.3, 0.4) is 0 Å². The van der Waals surface area contributed by atoms with Gasteiger partial charge in [0.15, 0.2) is 0 Å². The van der Waals surface area contributed by atoms with Gasteiger partial charge < -0.3 is 19.9 Å². The molecule has 0 bridgehead atoms. The van der Waals surface area contributed by atoms with E-state index < -0.39 is 17.7 Å². The van der Waals surface area contributed by atoms with Crippen LogP contribution in [-0.4, -0.2) is 39.7 Å². The zero-order valence-corrected chi connectivity index (χ0v) is 17.1. The molecule has 0 aromatic carbocycles. The van der Waals surface area contributed by atoms with Gasteiger partial charge in [-0.05, 0) is 26.0 Å². The number of carboxylic acids is 1. The maximum Gasteiger partial charge on any atom is 0.337 e. The second-order valence-electron chi connectivity index (χ2n) is 6.51. The topological polar surface area (TPSA) is 111 Å². The van der Waals surface area contributed by atoms with E-state index in [2.05, 4.69) is 28.4 Å².